The standard InChI is InChI=1S/C24H34O6/c1-14(2)9-8-12-24(6)19(30-27)13-18-22(28-7)17(11-10-15(3)4)21(26)20(16(5)25)23(18)29-24/h9-10,19,26-27H,8,11-13H2,1-7H3. The van der Waals surface area contributed by atoms with Gasteiger partial charge in [0.1, 0.15) is 34.5 Å². The van der Waals surface area contributed by atoms with Gasteiger partial charge in [0.05, 0.1) is 7.11 Å². The molecule has 166 valence electrons. The Morgan fingerprint density at radius 3 is 2.33 bits per heavy atom. The molecule has 0 spiro atoms. The van der Waals surface area contributed by atoms with Crippen LogP contribution >= 0.6 is 0 Å². The Bertz CT molecular complexity index is 859. The SMILES string of the molecule is COc1c(CC=C(C)C)c(O)c(C(C)=O)c2c1CC(OO)C(C)(CCC=C(C)C)O2. The molecular weight excluding hydrogens is 384 g/mol. The molecule has 1 aliphatic heterocycles. The van der Waals surface area contributed by atoms with E-state index in [0.29, 0.717) is 41.9 Å². The number of ether oxygens (including phenoxy) is 2. The van der Waals surface area contributed by atoms with Crippen molar-refractivity contribution in [1.82, 2.24) is 0 Å². The van der Waals surface area contributed by atoms with Gasteiger partial charge in [-0.05, 0) is 60.8 Å². The molecule has 1 aromatic rings. The number of hydrogen-bond acceptors (Lipinski definition) is 6. The fourth-order valence-corrected chi connectivity index (χ4v) is 3.88. The number of Topliss-reactive ketones (excluding diaryl/α,β-unsaturated/α-hetero) is 1. The molecule has 2 N–H and O–H groups in total. The van der Waals surface area contributed by atoms with Gasteiger partial charge in [-0.3, -0.25) is 10.1 Å². The van der Waals surface area contributed by atoms with Crippen LogP contribution in [0, 0.1) is 0 Å². The summed E-state index contributed by atoms with van der Waals surface area (Å²) in [7, 11) is 1.52. The lowest BCUT2D eigenvalue weighted by Crippen LogP contribution is -2.50. The zero-order chi connectivity index (χ0) is 22.6. The molecule has 0 saturated carbocycles. The number of phenolic OH excluding ortho intramolecular Hbond substituents is 1. The van der Waals surface area contributed by atoms with E-state index in [1.165, 1.54) is 19.6 Å². The van der Waals surface area contributed by atoms with Gasteiger partial charge in [-0.25, -0.2) is 4.89 Å². The van der Waals surface area contributed by atoms with Crippen molar-refractivity contribution in [1.29, 1.82) is 0 Å². The summed E-state index contributed by atoms with van der Waals surface area (Å²) >= 11 is 0. The van der Waals surface area contributed by atoms with E-state index in [2.05, 4.69) is 6.08 Å². The smallest absolute Gasteiger partial charge is 0.167 e. The Labute approximate surface area is 179 Å². The first-order chi connectivity index (χ1) is 14.1. The minimum Gasteiger partial charge on any atom is -0.507 e. The number of carbonyl (C=O) groups is 1. The highest BCUT2D eigenvalue weighted by atomic mass is 17.1. The molecule has 2 unspecified atom stereocenters. The van der Waals surface area contributed by atoms with Crippen LogP contribution in [0.25, 0.3) is 0 Å². The van der Waals surface area contributed by atoms with Crippen LogP contribution in [0.2, 0.25) is 0 Å². The van der Waals surface area contributed by atoms with E-state index in [-0.39, 0.29) is 17.1 Å². The average Bonchev–Trinajstić information content (AvgIpc) is 2.64. The molecule has 0 bridgehead atoms. The van der Waals surface area contributed by atoms with Gasteiger partial charge in [-0.2, -0.15) is 0 Å². The normalized spacial score (nSPS) is 20.1. The summed E-state index contributed by atoms with van der Waals surface area (Å²) in [5, 5.41) is 20.6. The van der Waals surface area contributed by atoms with Crippen LogP contribution < -0.4 is 9.47 Å². The number of ketones is 1. The third-order valence-electron chi connectivity index (χ3n) is 5.57. The summed E-state index contributed by atoms with van der Waals surface area (Å²) in [6.07, 6.45) is 5.40. The Morgan fingerprint density at radius 2 is 1.83 bits per heavy atom. The van der Waals surface area contributed by atoms with Crippen molar-refractivity contribution in [2.24, 2.45) is 0 Å². The van der Waals surface area contributed by atoms with E-state index in [0.717, 1.165) is 12.0 Å². The van der Waals surface area contributed by atoms with Crippen LogP contribution in [0.4, 0.5) is 0 Å². The molecule has 0 radical (unpaired) electrons. The van der Waals surface area contributed by atoms with Gasteiger partial charge >= 0.3 is 0 Å². The fourth-order valence-electron chi connectivity index (χ4n) is 3.88. The molecule has 0 saturated heterocycles. The number of allylic oxidation sites excluding steroid dienone is 4. The first-order valence-electron chi connectivity index (χ1n) is 10.3. The van der Waals surface area contributed by atoms with Gasteiger partial charge in [-0.15, -0.1) is 0 Å². The Hall–Kier alpha value is -2.31. The van der Waals surface area contributed by atoms with Gasteiger partial charge in [0.2, 0.25) is 0 Å². The molecule has 6 nitrogen and oxygen atoms in total. The molecule has 0 aromatic heterocycles. The van der Waals surface area contributed by atoms with Crippen molar-refractivity contribution >= 4 is 5.78 Å². The predicted octanol–water partition coefficient (Wildman–Crippen LogP) is 5.41. The van der Waals surface area contributed by atoms with Gasteiger partial charge in [0.15, 0.2) is 5.78 Å². The van der Waals surface area contributed by atoms with E-state index in [1.54, 1.807) is 0 Å². The second-order valence-electron chi connectivity index (χ2n) is 8.62. The highest BCUT2D eigenvalue weighted by Gasteiger charge is 2.45. The maximum absolute atomic E-state index is 12.5. The summed E-state index contributed by atoms with van der Waals surface area (Å²) in [6, 6.07) is 0. The molecule has 0 fully saturated rings. The van der Waals surface area contributed by atoms with Crippen LogP contribution in [0.3, 0.4) is 0 Å². The zero-order valence-electron chi connectivity index (χ0n) is 19.1. The van der Waals surface area contributed by atoms with Gasteiger partial charge in [-0.1, -0.05) is 23.3 Å². The summed E-state index contributed by atoms with van der Waals surface area (Å²) < 4.78 is 11.9. The molecule has 1 aliphatic rings. The number of aromatic hydroxyl groups is 1. The number of carbonyl (C=O) groups excluding carboxylic acids is 1. The molecule has 30 heavy (non-hydrogen) atoms. The van der Waals surface area contributed by atoms with Crippen molar-refractivity contribution in [2.45, 2.75) is 78.9 Å². The number of benzene rings is 1. The van der Waals surface area contributed by atoms with Gasteiger partial charge in [0, 0.05) is 17.5 Å². The van der Waals surface area contributed by atoms with Crippen molar-refractivity contribution in [3.8, 4) is 17.2 Å². The first-order valence-corrected chi connectivity index (χ1v) is 10.3. The van der Waals surface area contributed by atoms with E-state index >= 15 is 0 Å². The lowest BCUT2D eigenvalue weighted by Gasteiger charge is -2.42. The molecular formula is C24H34O6. The maximum atomic E-state index is 12.5. The molecule has 6 heteroatoms. The van der Waals surface area contributed by atoms with Crippen LogP contribution in [0.1, 0.15) is 75.9 Å². The summed E-state index contributed by atoms with van der Waals surface area (Å²) in [6.45, 7) is 11.2. The highest BCUT2D eigenvalue weighted by molar-refractivity contribution is 6.01. The minimum absolute atomic E-state index is 0.120. The fraction of sp³-hybridized carbons (Fsp3) is 0.542. The van der Waals surface area contributed by atoms with Crippen LogP contribution in [-0.4, -0.2) is 35.0 Å². The lowest BCUT2D eigenvalue weighted by molar-refractivity contribution is -0.312. The monoisotopic (exact) mass is 418 g/mol. The first kappa shape index (κ1) is 24.0. The Morgan fingerprint density at radius 1 is 1.20 bits per heavy atom. The molecule has 0 amide bonds. The second kappa shape index (κ2) is 9.67. The molecule has 2 rings (SSSR count). The quantitative estimate of drug-likeness (QED) is 0.254. The topological polar surface area (TPSA) is 85.2 Å². The van der Waals surface area contributed by atoms with E-state index in [1.807, 2.05) is 40.7 Å². The number of rotatable bonds is 8. The third-order valence-corrected chi connectivity index (χ3v) is 5.57. The van der Waals surface area contributed by atoms with Crippen molar-refractivity contribution in [3.63, 3.8) is 0 Å². The van der Waals surface area contributed by atoms with Crippen LogP contribution in [0.5, 0.6) is 17.2 Å². The van der Waals surface area contributed by atoms with Crippen molar-refractivity contribution in [3.05, 3.63) is 40.0 Å². The van der Waals surface area contributed by atoms with Crippen LogP contribution in [-0.2, 0) is 17.7 Å². The maximum Gasteiger partial charge on any atom is 0.167 e. The summed E-state index contributed by atoms with van der Waals surface area (Å²) in [4.78, 5) is 17.3. The van der Waals surface area contributed by atoms with E-state index < -0.39 is 11.7 Å². The van der Waals surface area contributed by atoms with Crippen molar-refractivity contribution < 1.29 is 29.5 Å². The number of methoxy groups -OCH3 is 1. The molecule has 1 heterocycles. The van der Waals surface area contributed by atoms with Crippen LogP contribution in [0.15, 0.2) is 23.3 Å². The number of hydrogen-bond donors (Lipinski definition) is 2. The van der Waals surface area contributed by atoms with E-state index in [9.17, 15) is 15.2 Å². The number of fused-ring (bicyclic) bond motifs is 1. The van der Waals surface area contributed by atoms with Gasteiger partial charge < -0.3 is 14.6 Å². The molecule has 0 aliphatic carbocycles. The number of phenols is 1. The molecule has 1 aromatic carbocycles. The summed E-state index contributed by atoms with van der Waals surface area (Å²) in [5.41, 5.74) is 2.68. The van der Waals surface area contributed by atoms with Gasteiger partial charge in [0.25, 0.3) is 0 Å². The Kier molecular flexibility index (Phi) is 7.72. The largest absolute Gasteiger partial charge is 0.507 e. The zero-order valence-corrected chi connectivity index (χ0v) is 19.1. The lowest BCUT2D eigenvalue weighted by atomic mass is 9.83. The Balaban J connectivity index is 2.66. The second-order valence-corrected chi connectivity index (χ2v) is 8.62. The minimum atomic E-state index is -0.878. The van der Waals surface area contributed by atoms with E-state index in [4.69, 9.17) is 14.4 Å². The summed E-state index contributed by atoms with van der Waals surface area (Å²) in [5.74, 6) is 0.356. The molecule has 2 atom stereocenters. The highest BCUT2D eigenvalue weighted by Crippen LogP contribution is 2.49. The third kappa shape index (κ3) is 4.87. The predicted molar refractivity (Wildman–Crippen MR) is 117 cm³/mol. The average molecular weight is 419 g/mol. The van der Waals surface area contributed by atoms with Crippen molar-refractivity contribution in [2.75, 3.05) is 7.11 Å².